The van der Waals surface area contributed by atoms with E-state index in [-0.39, 0.29) is 11.8 Å². The molecule has 0 aliphatic heterocycles. The van der Waals surface area contributed by atoms with Gasteiger partial charge in [0.25, 0.3) is 5.91 Å². The van der Waals surface area contributed by atoms with Crippen LogP contribution in [0.25, 0.3) is 0 Å². The fraction of sp³-hybridized carbons (Fsp3) is 0.0714. The van der Waals surface area contributed by atoms with Crippen LogP contribution in [0.5, 0.6) is 0 Å². The molecule has 0 saturated heterocycles. The Morgan fingerprint density at radius 2 is 1.47 bits per heavy atom. The number of halogens is 1. The second-order valence-corrected chi connectivity index (χ2v) is 8.93. The standard InChI is InChI=1S/C28H23FN2O2S/c1-19-10-16-23(17-11-19)30-28(33)26(20-6-3-2-4-7-20)34-25-9-5-8-24(18-25)31-27(32)21-12-14-22(29)15-13-21/h2-18,26H,1H3,(H,30,33)(H,31,32). The summed E-state index contributed by atoms with van der Waals surface area (Å²) in [5.74, 6) is -0.870. The molecule has 0 fully saturated rings. The lowest BCUT2D eigenvalue weighted by atomic mass is 10.1. The third-order valence-corrected chi connectivity index (χ3v) is 6.36. The van der Waals surface area contributed by atoms with Gasteiger partial charge in [0.05, 0.1) is 0 Å². The van der Waals surface area contributed by atoms with Gasteiger partial charge in [-0.2, -0.15) is 0 Å². The van der Waals surface area contributed by atoms with E-state index < -0.39 is 11.1 Å². The molecule has 1 atom stereocenters. The van der Waals surface area contributed by atoms with Crippen molar-refractivity contribution >= 4 is 35.0 Å². The van der Waals surface area contributed by atoms with Gasteiger partial charge in [-0.05, 0) is 67.1 Å². The van der Waals surface area contributed by atoms with E-state index in [2.05, 4.69) is 10.6 Å². The average molecular weight is 471 g/mol. The molecule has 4 aromatic rings. The molecular formula is C28H23FN2O2S. The summed E-state index contributed by atoms with van der Waals surface area (Å²) in [6, 6.07) is 29.9. The Labute approximate surface area is 202 Å². The van der Waals surface area contributed by atoms with Crippen molar-refractivity contribution in [1.29, 1.82) is 0 Å². The van der Waals surface area contributed by atoms with E-state index in [1.54, 1.807) is 6.07 Å². The van der Waals surface area contributed by atoms with Crippen LogP contribution in [-0.4, -0.2) is 11.8 Å². The molecule has 0 aromatic heterocycles. The van der Waals surface area contributed by atoms with Gasteiger partial charge in [-0.1, -0.05) is 54.1 Å². The maximum Gasteiger partial charge on any atom is 0.255 e. The van der Waals surface area contributed by atoms with Gasteiger partial charge >= 0.3 is 0 Å². The number of anilines is 2. The number of hydrogen-bond acceptors (Lipinski definition) is 3. The van der Waals surface area contributed by atoms with E-state index in [0.29, 0.717) is 11.3 Å². The largest absolute Gasteiger partial charge is 0.325 e. The van der Waals surface area contributed by atoms with E-state index in [0.717, 1.165) is 21.7 Å². The number of carbonyl (C=O) groups excluding carboxylic acids is 2. The topological polar surface area (TPSA) is 58.2 Å². The molecule has 2 N–H and O–H groups in total. The van der Waals surface area contributed by atoms with Gasteiger partial charge in [-0.3, -0.25) is 9.59 Å². The number of amides is 2. The number of thioether (sulfide) groups is 1. The average Bonchev–Trinajstić information content (AvgIpc) is 2.85. The quantitative estimate of drug-likeness (QED) is 0.290. The third-order valence-electron chi connectivity index (χ3n) is 5.11. The predicted molar refractivity (Wildman–Crippen MR) is 136 cm³/mol. The highest BCUT2D eigenvalue weighted by Crippen LogP contribution is 2.37. The zero-order valence-electron chi connectivity index (χ0n) is 18.5. The molecule has 170 valence electrons. The fourth-order valence-corrected chi connectivity index (χ4v) is 4.42. The summed E-state index contributed by atoms with van der Waals surface area (Å²) in [6.45, 7) is 2.00. The zero-order valence-corrected chi connectivity index (χ0v) is 19.3. The SMILES string of the molecule is Cc1ccc(NC(=O)C(Sc2cccc(NC(=O)c3ccc(F)cc3)c2)c2ccccc2)cc1. The summed E-state index contributed by atoms with van der Waals surface area (Å²) in [4.78, 5) is 26.6. The number of aryl methyl sites for hydroxylation is 1. The first-order chi connectivity index (χ1) is 16.5. The van der Waals surface area contributed by atoms with Crippen LogP contribution < -0.4 is 10.6 Å². The molecule has 0 aliphatic carbocycles. The lowest BCUT2D eigenvalue weighted by Crippen LogP contribution is -2.19. The van der Waals surface area contributed by atoms with Gasteiger partial charge in [-0.25, -0.2) is 4.39 Å². The lowest BCUT2D eigenvalue weighted by Gasteiger charge is -2.18. The van der Waals surface area contributed by atoms with Crippen molar-refractivity contribution in [3.8, 4) is 0 Å². The molecule has 0 aliphatic rings. The number of benzene rings is 4. The van der Waals surface area contributed by atoms with Crippen LogP contribution in [0.2, 0.25) is 0 Å². The van der Waals surface area contributed by atoms with Crippen LogP contribution in [0.15, 0.2) is 108 Å². The van der Waals surface area contributed by atoms with Gasteiger partial charge in [0.2, 0.25) is 5.91 Å². The molecule has 2 amide bonds. The fourth-order valence-electron chi connectivity index (χ4n) is 3.33. The maximum atomic E-state index is 13.2. The van der Waals surface area contributed by atoms with Crippen molar-refractivity contribution < 1.29 is 14.0 Å². The Kier molecular flexibility index (Phi) is 7.40. The van der Waals surface area contributed by atoms with Crippen LogP contribution in [0.3, 0.4) is 0 Å². The Hall–Kier alpha value is -3.90. The summed E-state index contributed by atoms with van der Waals surface area (Å²) >= 11 is 1.40. The minimum atomic E-state index is -0.495. The van der Waals surface area contributed by atoms with Crippen molar-refractivity contribution in [3.05, 3.63) is 126 Å². The Morgan fingerprint density at radius 3 is 2.18 bits per heavy atom. The van der Waals surface area contributed by atoms with Crippen molar-refractivity contribution in [2.75, 3.05) is 10.6 Å². The Morgan fingerprint density at radius 1 is 0.765 bits per heavy atom. The van der Waals surface area contributed by atoms with E-state index in [9.17, 15) is 14.0 Å². The summed E-state index contributed by atoms with van der Waals surface area (Å²) < 4.78 is 13.1. The van der Waals surface area contributed by atoms with E-state index in [1.807, 2.05) is 79.7 Å². The molecule has 0 heterocycles. The zero-order chi connectivity index (χ0) is 23.9. The van der Waals surface area contributed by atoms with Crippen molar-refractivity contribution in [2.45, 2.75) is 17.1 Å². The first-order valence-corrected chi connectivity index (χ1v) is 11.6. The van der Waals surface area contributed by atoms with E-state index >= 15 is 0 Å². The normalized spacial score (nSPS) is 11.5. The lowest BCUT2D eigenvalue weighted by molar-refractivity contribution is -0.115. The second kappa shape index (κ2) is 10.8. The molecule has 0 spiro atoms. The molecule has 0 saturated carbocycles. The maximum absolute atomic E-state index is 13.2. The summed E-state index contributed by atoms with van der Waals surface area (Å²) in [5, 5.41) is 5.34. The van der Waals surface area contributed by atoms with Crippen LogP contribution >= 0.6 is 11.8 Å². The van der Waals surface area contributed by atoms with Crippen LogP contribution in [0.4, 0.5) is 15.8 Å². The number of hydrogen-bond donors (Lipinski definition) is 2. The number of rotatable bonds is 7. The Bertz CT molecular complexity index is 1280. The number of carbonyl (C=O) groups is 2. The van der Waals surface area contributed by atoms with Gasteiger partial charge in [0, 0.05) is 21.8 Å². The van der Waals surface area contributed by atoms with Crippen molar-refractivity contribution in [1.82, 2.24) is 0 Å². The molecule has 4 aromatic carbocycles. The predicted octanol–water partition coefficient (Wildman–Crippen LogP) is 6.86. The molecule has 4 nitrogen and oxygen atoms in total. The van der Waals surface area contributed by atoms with Gasteiger partial charge in [0.15, 0.2) is 0 Å². The van der Waals surface area contributed by atoms with Crippen LogP contribution in [-0.2, 0) is 4.79 Å². The third kappa shape index (κ3) is 6.11. The second-order valence-electron chi connectivity index (χ2n) is 7.75. The van der Waals surface area contributed by atoms with Crippen LogP contribution in [0, 0.1) is 12.7 Å². The minimum absolute atomic E-state index is 0.138. The highest BCUT2D eigenvalue weighted by atomic mass is 32.2. The summed E-state index contributed by atoms with van der Waals surface area (Å²) in [6.07, 6.45) is 0. The van der Waals surface area contributed by atoms with E-state index in [1.165, 1.54) is 36.0 Å². The van der Waals surface area contributed by atoms with Crippen molar-refractivity contribution in [2.24, 2.45) is 0 Å². The molecule has 0 bridgehead atoms. The first-order valence-electron chi connectivity index (χ1n) is 10.7. The van der Waals surface area contributed by atoms with Gasteiger partial charge < -0.3 is 10.6 Å². The number of nitrogens with one attached hydrogen (secondary N) is 2. The summed E-state index contributed by atoms with van der Waals surface area (Å²) in [5.41, 5.74) is 3.67. The monoisotopic (exact) mass is 470 g/mol. The minimum Gasteiger partial charge on any atom is -0.325 e. The Balaban J connectivity index is 1.53. The highest BCUT2D eigenvalue weighted by molar-refractivity contribution is 8.00. The molecule has 6 heteroatoms. The molecule has 1 unspecified atom stereocenters. The van der Waals surface area contributed by atoms with Gasteiger partial charge in [0.1, 0.15) is 11.1 Å². The van der Waals surface area contributed by atoms with Crippen molar-refractivity contribution in [3.63, 3.8) is 0 Å². The van der Waals surface area contributed by atoms with Gasteiger partial charge in [-0.15, -0.1) is 11.8 Å². The summed E-state index contributed by atoms with van der Waals surface area (Å²) in [7, 11) is 0. The van der Waals surface area contributed by atoms with E-state index in [4.69, 9.17) is 0 Å². The molecule has 0 radical (unpaired) electrons. The first kappa shape index (κ1) is 23.3. The smallest absolute Gasteiger partial charge is 0.255 e. The molecule has 34 heavy (non-hydrogen) atoms. The highest BCUT2D eigenvalue weighted by Gasteiger charge is 2.22. The molecular weight excluding hydrogens is 447 g/mol. The molecule has 4 rings (SSSR count). The van der Waals surface area contributed by atoms with Crippen LogP contribution in [0.1, 0.15) is 26.7 Å².